The third kappa shape index (κ3) is 4.30. The predicted octanol–water partition coefficient (Wildman–Crippen LogP) is 4.95. The van der Waals surface area contributed by atoms with E-state index in [1.165, 1.54) is 11.1 Å². The van der Waals surface area contributed by atoms with Gasteiger partial charge in [-0.2, -0.15) is 4.91 Å². The first-order chi connectivity index (χ1) is 9.79. The van der Waals surface area contributed by atoms with E-state index in [2.05, 4.69) is 36.4 Å². The Balaban J connectivity index is 1.88. The first kappa shape index (κ1) is 14.4. The largest absolute Gasteiger partial charge is 0.151 e. The lowest BCUT2D eigenvalue weighted by atomic mass is 9.92. The Morgan fingerprint density at radius 3 is 2.15 bits per heavy atom. The summed E-state index contributed by atoms with van der Waals surface area (Å²) in [6.45, 7) is 2.16. The zero-order valence-electron chi connectivity index (χ0n) is 11.9. The number of hydrogen-bond acceptors (Lipinski definition) is 2. The molecule has 0 spiro atoms. The molecule has 0 aliphatic carbocycles. The fraction of sp³-hybridized carbons (Fsp3) is 0.333. The van der Waals surface area contributed by atoms with Crippen molar-refractivity contribution in [1.82, 2.24) is 0 Å². The van der Waals surface area contributed by atoms with Crippen molar-refractivity contribution in [2.24, 2.45) is 5.18 Å². The predicted molar refractivity (Wildman–Crippen MR) is 83.8 cm³/mol. The molecule has 0 amide bonds. The zero-order valence-corrected chi connectivity index (χ0v) is 11.9. The Labute approximate surface area is 120 Å². The molecule has 2 aromatic carbocycles. The van der Waals surface area contributed by atoms with E-state index >= 15 is 0 Å². The van der Waals surface area contributed by atoms with Gasteiger partial charge in [0.2, 0.25) is 0 Å². The van der Waals surface area contributed by atoms with E-state index in [1.807, 2.05) is 36.4 Å². The van der Waals surface area contributed by atoms with Crippen LogP contribution >= 0.6 is 0 Å². The molecule has 0 N–H and O–H groups in total. The van der Waals surface area contributed by atoms with Crippen LogP contribution in [0.25, 0.3) is 0 Å². The van der Waals surface area contributed by atoms with Crippen LogP contribution in [0.2, 0.25) is 0 Å². The number of nitrogens with zero attached hydrogens (tertiary/aromatic N) is 1. The molecule has 0 aliphatic rings. The SMILES string of the molecule is CC(CC(CCc1ccccc1)N=O)c1ccccc1. The average molecular weight is 267 g/mol. The van der Waals surface area contributed by atoms with E-state index in [9.17, 15) is 4.91 Å². The van der Waals surface area contributed by atoms with E-state index in [-0.39, 0.29) is 6.04 Å². The molecule has 104 valence electrons. The van der Waals surface area contributed by atoms with Crippen molar-refractivity contribution in [2.75, 3.05) is 0 Å². The van der Waals surface area contributed by atoms with Crippen molar-refractivity contribution in [3.63, 3.8) is 0 Å². The average Bonchev–Trinajstić information content (AvgIpc) is 2.53. The second-order valence-corrected chi connectivity index (χ2v) is 5.33. The lowest BCUT2D eigenvalue weighted by molar-refractivity contribution is 0.519. The molecule has 0 radical (unpaired) electrons. The van der Waals surface area contributed by atoms with Gasteiger partial charge in [0, 0.05) is 0 Å². The van der Waals surface area contributed by atoms with Crippen LogP contribution in [-0.2, 0) is 6.42 Å². The van der Waals surface area contributed by atoms with Crippen molar-refractivity contribution in [3.8, 4) is 0 Å². The van der Waals surface area contributed by atoms with Crippen LogP contribution in [0.1, 0.15) is 36.8 Å². The van der Waals surface area contributed by atoms with Crippen LogP contribution in [-0.4, -0.2) is 6.04 Å². The second kappa shape index (κ2) is 7.59. The molecule has 0 heterocycles. The summed E-state index contributed by atoms with van der Waals surface area (Å²) in [5.74, 6) is 0.370. The van der Waals surface area contributed by atoms with Crippen LogP contribution in [0, 0.1) is 4.91 Å². The van der Waals surface area contributed by atoms with E-state index in [0.29, 0.717) is 5.92 Å². The minimum atomic E-state index is -0.106. The van der Waals surface area contributed by atoms with Gasteiger partial charge in [-0.3, -0.25) is 0 Å². The third-order valence-corrected chi connectivity index (χ3v) is 3.75. The normalized spacial score (nSPS) is 13.7. The van der Waals surface area contributed by atoms with Crippen LogP contribution in [0.15, 0.2) is 65.8 Å². The molecule has 0 bridgehead atoms. The Morgan fingerprint density at radius 2 is 1.55 bits per heavy atom. The zero-order chi connectivity index (χ0) is 14.2. The highest BCUT2D eigenvalue weighted by Crippen LogP contribution is 2.23. The fourth-order valence-electron chi connectivity index (χ4n) is 2.52. The molecule has 0 aromatic heterocycles. The Hall–Kier alpha value is -1.96. The van der Waals surface area contributed by atoms with Crippen LogP contribution < -0.4 is 0 Å². The molecular formula is C18H21NO. The summed E-state index contributed by atoms with van der Waals surface area (Å²) in [5.41, 5.74) is 2.55. The Bertz CT molecular complexity index is 509. The number of nitroso groups, excluding NO2 is 1. The maximum atomic E-state index is 11.0. The first-order valence-corrected chi connectivity index (χ1v) is 7.21. The number of hydrogen-bond donors (Lipinski definition) is 0. The molecule has 2 unspecified atom stereocenters. The lowest BCUT2D eigenvalue weighted by Crippen LogP contribution is -2.10. The first-order valence-electron chi connectivity index (χ1n) is 7.21. The van der Waals surface area contributed by atoms with E-state index < -0.39 is 0 Å². The standard InChI is InChI=1S/C18H21NO/c1-15(17-10-6-3-7-11-17)14-18(19-20)13-12-16-8-4-2-5-9-16/h2-11,15,18H,12-14H2,1H3. The lowest BCUT2D eigenvalue weighted by Gasteiger charge is -2.15. The third-order valence-electron chi connectivity index (χ3n) is 3.75. The minimum absolute atomic E-state index is 0.106. The maximum Gasteiger partial charge on any atom is 0.0928 e. The molecule has 2 aromatic rings. The number of rotatable bonds is 7. The second-order valence-electron chi connectivity index (χ2n) is 5.33. The fourth-order valence-corrected chi connectivity index (χ4v) is 2.52. The molecule has 2 heteroatoms. The van der Waals surface area contributed by atoms with E-state index in [1.54, 1.807) is 0 Å². The van der Waals surface area contributed by atoms with Gasteiger partial charge in [0.15, 0.2) is 0 Å². The quantitative estimate of drug-likeness (QED) is 0.653. The molecule has 0 aliphatic heterocycles. The summed E-state index contributed by atoms with van der Waals surface area (Å²) < 4.78 is 0. The summed E-state index contributed by atoms with van der Waals surface area (Å²) in [6.07, 6.45) is 2.56. The number of aryl methyl sites for hydroxylation is 1. The van der Waals surface area contributed by atoms with Gasteiger partial charge in [-0.15, -0.1) is 0 Å². The molecule has 2 nitrogen and oxygen atoms in total. The Kier molecular flexibility index (Phi) is 5.48. The van der Waals surface area contributed by atoms with Gasteiger partial charge in [-0.1, -0.05) is 72.8 Å². The van der Waals surface area contributed by atoms with Crippen molar-refractivity contribution in [2.45, 2.75) is 38.1 Å². The smallest absolute Gasteiger partial charge is 0.0928 e. The van der Waals surface area contributed by atoms with Crippen molar-refractivity contribution in [3.05, 3.63) is 76.7 Å². The summed E-state index contributed by atoms with van der Waals surface area (Å²) in [7, 11) is 0. The van der Waals surface area contributed by atoms with Crippen molar-refractivity contribution < 1.29 is 0 Å². The van der Waals surface area contributed by atoms with Crippen LogP contribution in [0.4, 0.5) is 0 Å². The van der Waals surface area contributed by atoms with Crippen molar-refractivity contribution >= 4 is 0 Å². The van der Waals surface area contributed by atoms with Crippen molar-refractivity contribution in [1.29, 1.82) is 0 Å². The molecule has 2 rings (SSSR count). The van der Waals surface area contributed by atoms with Gasteiger partial charge >= 0.3 is 0 Å². The number of benzene rings is 2. The molecule has 0 saturated heterocycles. The van der Waals surface area contributed by atoms with E-state index in [4.69, 9.17) is 0 Å². The highest BCUT2D eigenvalue weighted by atomic mass is 16.3. The highest BCUT2D eigenvalue weighted by Gasteiger charge is 2.15. The summed E-state index contributed by atoms with van der Waals surface area (Å²) in [5, 5.41) is 3.32. The van der Waals surface area contributed by atoms with Crippen LogP contribution in [0.3, 0.4) is 0 Å². The minimum Gasteiger partial charge on any atom is -0.151 e. The topological polar surface area (TPSA) is 29.4 Å². The summed E-state index contributed by atoms with van der Waals surface area (Å²) in [6, 6.07) is 20.5. The highest BCUT2D eigenvalue weighted by molar-refractivity contribution is 5.19. The summed E-state index contributed by atoms with van der Waals surface area (Å²) >= 11 is 0. The molecule has 0 fully saturated rings. The van der Waals surface area contributed by atoms with Gasteiger partial charge in [0.25, 0.3) is 0 Å². The maximum absolute atomic E-state index is 11.0. The van der Waals surface area contributed by atoms with Gasteiger partial charge in [-0.25, -0.2) is 0 Å². The molecule has 20 heavy (non-hydrogen) atoms. The van der Waals surface area contributed by atoms with Gasteiger partial charge in [0.1, 0.15) is 0 Å². The Morgan fingerprint density at radius 1 is 0.950 bits per heavy atom. The van der Waals surface area contributed by atoms with Gasteiger partial charge in [0.05, 0.1) is 6.04 Å². The summed E-state index contributed by atoms with van der Waals surface area (Å²) in [4.78, 5) is 11.0. The van der Waals surface area contributed by atoms with Gasteiger partial charge in [-0.05, 0) is 36.3 Å². The van der Waals surface area contributed by atoms with Gasteiger partial charge < -0.3 is 0 Å². The molecule has 0 saturated carbocycles. The molecular weight excluding hydrogens is 246 g/mol. The van der Waals surface area contributed by atoms with E-state index in [0.717, 1.165) is 19.3 Å². The molecule has 2 atom stereocenters. The monoisotopic (exact) mass is 267 g/mol. The van der Waals surface area contributed by atoms with Crippen LogP contribution in [0.5, 0.6) is 0 Å².